The highest BCUT2D eigenvalue weighted by molar-refractivity contribution is 7.14. The molecular formula is C23H28N2OS. The van der Waals surface area contributed by atoms with Crippen molar-refractivity contribution in [3.63, 3.8) is 0 Å². The lowest BCUT2D eigenvalue weighted by molar-refractivity contribution is -0.124. The van der Waals surface area contributed by atoms with Gasteiger partial charge in [-0.3, -0.25) is 4.79 Å². The van der Waals surface area contributed by atoms with Crippen LogP contribution in [0.3, 0.4) is 0 Å². The van der Waals surface area contributed by atoms with Crippen molar-refractivity contribution in [3.05, 3.63) is 34.7 Å². The molecule has 4 heteroatoms. The van der Waals surface area contributed by atoms with Crippen molar-refractivity contribution in [1.29, 1.82) is 0 Å². The Bertz CT molecular complexity index is 849. The minimum Gasteiger partial charge on any atom is -0.302 e. The maximum atomic E-state index is 12.8. The highest BCUT2D eigenvalue weighted by atomic mass is 32.1. The molecule has 1 aromatic heterocycles. The van der Waals surface area contributed by atoms with Gasteiger partial charge in [-0.2, -0.15) is 0 Å². The van der Waals surface area contributed by atoms with Gasteiger partial charge in [0.2, 0.25) is 5.91 Å². The number of thiazole rings is 1. The maximum absolute atomic E-state index is 12.8. The second-order valence-electron chi connectivity index (χ2n) is 9.50. The largest absolute Gasteiger partial charge is 0.302 e. The second-order valence-corrected chi connectivity index (χ2v) is 10.4. The summed E-state index contributed by atoms with van der Waals surface area (Å²) < 4.78 is 0. The van der Waals surface area contributed by atoms with Gasteiger partial charge in [0, 0.05) is 17.4 Å². The first-order chi connectivity index (χ1) is 13.0. The van der Waals surface area contributed by atoms with Crippen molar-refractivity contribution in [1.82, 2.24) is 4.98 Å². The standard InChI is InChI=1S/C23H28N2OS/c1-14-3-4-15(2)19(5-14)20-13-27-22(24-20)25-21(26)12-23-9-16-6-17(10-23)8-18(7-16)11-23/h3-5,13,16-18H,6-12H2,1-2H3,(H,24,25,26). The Balaban J connectivity index is 1.28. The van der Waals surface area contributed by atoms with Gasteiger partial charge < -0.3 is 5.32 Å². The van der Waals surface area contributed by atoms with Crippen molar-refractivity contribution < 1.29 is 4.79 Å². The Morgan fingerprint density at radius 3 is 2.48 bits per heavy atom. The molecule has 6 rings (SSSR count). The number of hydrogen-bond acceptors (Lipinski definition) is 3. The normalized spacial score (nSPS) is 31.3. The predicted molar refractivity (Wildman–Crippen MR) is 111 cm³/mol. The Kier molecular flexibility index (Phi) is 4.15. The average molecular weight is 381 g/mol. The third kappa shape index (κ3) is 3.33. The fourth-order valence-electron chi connectivity index (χ4n) is 6.48. The zero-order valence-corrected chi connectivity index (χ0v) is 17.1. The Morgan fingerprint density at radius 1 is 1.15 bits per heavy atom. The van der Waals surface area contributed by atoms with Crippen LogP contribution in [0.1, 0.15) is 56.1 Å². The first-order valence-corrected chi connectivity index (χ1v) is 11.2. The van der Waals surface area contributed by atoms with Crippen molar-refractivity contribution in [2.45, 2.75) is 58.8 Å². The number of nitrogens with zero attached hydrogens (tertiary/aromatic N) is 1. The summed E-state index contributed by atoms with van der Waals surface area (Å²) >= 11 is 1.54. The Hall–Kier alpha value is -1.68. The molecule has 2 aromatic rings. The number of carbonyl (C=O) groups is 1. The van der Waals surface area contributed by atoms with Crippen LogP contribution in [0.25, 0.3) is 11.3 Å². The van der Waals surface area contributed by atoms with E-state index in [9.17, 15) is 4.79 Å². The van der Waals surface area contributed by atoms with Crippen LogP contribution in [-0.4, -0.2) is 10.9 Å². The van der Waals surface area contributed by atoms with Gasteiger partial charge in [-0.1, -0.05) is 17.7 Å². The van der Waals surface area contributed by atoms with Crippen LogP contribution in [-0.2, 0) is 4.79 Å². The lowest BCUT2D eigenvalue weighted by Crippen LogP contribution is -2.47. The average Bonchev–Trinajstić information content (AvgIpc) is 3.03. The van der Waals surface area contributed by atoms with Gasteiger partial charge in [-0.25, -0.2) is 4.98 Å². The number of aromatic nitrogens is 1. The van der Waals surface area contributed by atoms with Crippen molar-refractivity contribution in [3.8, 4) is 11.3 Å². The summed E-state index contributed by atoms with van der Waals surface area (Å²) in [6, 6.07) is 6.43. The van der Waals surface area contributed by atoms with E-state index in [1.165, 1.54) is 61.0 Å². The van der Waals surface area contributed by atoms with E-state index in [0.717, 1.165) is 34.1 Å². The van der Waals surface area contributed by atoms with Crippen molar-refractivity contribution in [2.24, 2.45) is 23.2 Å². The van der Waals surface area contributed by atoms with E-state index in [-0.39, 0.29) is 11.3 Å². The Labute approximate surface area is 165 Å². The number of benzene rings is 1. The summed E-state index contributed by atoms with van der Waals surface area (Å²) in [5.41, 5.74) is 4.86. The van der Waals surface area contributed by atoms with Crippen molar-refractivity contribution in [2.75, 3.05) is 5.32 Å². The summed E-state index contributed by atoms with van der Waals surface area (Å²) in [7, 11) is 0. The van der Waals surface area contributed by atoms with E-state index in [2.05, 4.69) is 42.7 Å². The number of rotatable bonds is 4. The van der Waals surface area contributed by atoms with Gasteiger partial charge in [-0.05, 0) is 87.2 Å². The molecule has 1 amide bonds. The minimum absolute atomic E-state index is 0.166. The van der Waals surface area contributed by atoms with E-state index in [1.807, 2.05) is 0 Å². The number of hydrogen-bond donors (Lipinski definition) is 1. The van der Waals surface area contributed by atoms with Gasteiger partial charge in [0.15, 0.2) is 5.13 Å². The smallest absolute Gasteiger partial charge is 0.226 e. The van der Waals surface area contributed by atoms with Crippen LogP contribution in [0.2, 0.25) is 0 Å². The lowest BCUT2D eigenvalue weighted by Gasteiger charge is -2.56. The van der Waals surface area contributed by atoms with Gasteiger partial charge in [0.25, 0.3) is 0 Å². The van der Waals surface area contributed by atoms with E-state index >= 15 is 0 Å². The van der Waals surface area contributed by atoms with Crippen LogP contribution in [0.15, 0.2) is 23.6 Å². The predicted octanol–water partition coefficient (Wildman–Crippen LogP) is 5.97. The molecule has 1 heterocycles. The van der Waals surface area contributed by atoms with Crippen LogP contribution < -0.4 is 5.32 Å². The molecule has 1 aromatic carbocycles. The molecule has 4 aliphatic carbocycles. The summed E-state index contributed by atoms with van der Waals surface area (Å²) in [5.74, 6) is 2.83. The number of amides is 1. The van der Waals surface area contributed by atoms with Gasteiger partial charge in [-0.15, -0.1) is 11.3 Å². The molecule has 4 fully saturated rings. The SMILES string of the molecule is Cc1ccc(C)c(-c2csc(NC(=O)CC34CC5CC(CC(C5)C3)C4)n2)c1. The summed E-state index contributed by atoms with van der Waals surface area (Å²) in [6.07, 6.45) is 8.79. The van der Waals surface area contributed by atoms with Crippen LogP contribution in [0, 0.1) is 37.0 Å². The third-order valence-corrected chi connectivity index (χ3v) is 7.88. The maximum Gasteiger partial charge on any atom is 0.226 e. The second kappa shape index (κ2) is 6.44. The van der Waals surface area contributed by atoms with Crippen LogP contribution in [0.4, 0.5) is 5.13 Å². The highest BCUT2D eigenvalue weighted by Crippen LogP contribution is 2.61. The molecule has 142 valence electrons. The number of aryl methyl sites for hydroxylation is 2. The molecule has 1 N–H and O–H groups in total. The first-order valence-electron chi connectivity index (χ1n) is 10.3. The van der Waals surface area contributed by atoms with Gasteiger partial charge in [0.05, 0.1) is 5.69 Å². The highest BCUT2D eigenvalue weighted by Gasteiger charge is 2.51. The fraction of sp³-hybridized carbons (Fsp3) is 0.565. The van der Waals surface area contributed by atoms with E-state index in [4.69, 9.17) is 4.98 Å². The monoisotopic (exact) mass is 380 g/mol. The zero-order valence-electron chi connectivity index (χ0n) is 16.3. The number of nitrogens with one attached hydrogen (secondary N) is 1. The third-order valence-electron chi connectivity index (χ3n) is 7.12. The lowest BCUT2D eigenvalue weighted by atomic mass is 9.49. The molecule has 0 spiro atoms. The van der Waals surface area contributed by atoms with Crippen LogP contribution >= 0.6 is 11.3 Å². The summed E-state index contributed by atoms with van der Waals surface area (Å²) in [5, 5.41) is 5.90. The minimum atomic E-state index is 0.166. The van der Waals surface area contributed by atoms with Crippen LogP contribution in [0.5, 0.6) is 0 Å². The topological polar surface area (TPSA) is 42.0 Å². The van der Waals surface area contributed by atoms with E-state index in [0.29, 0.717) is 6.42 Å². The van der Waals surface area contributed by atoms with Crippen molar-refractivity contribution >= 4 is 22.4 Å². The van der Waals surface area contributed by atoms with Gasteiger partial charge >= 0.3 is 0 Å². The molecule has 4 bridgehead atoms. The molecule has 3 nitrogen and oxygen atoms in total. The Morgan fingerprint density at radius 2 is 1.81 bits per heavy atom. The molecule has 0 unspecified atom stereocenters. The molecule has 4 aliphatic rings. The fourth-order valence-corrected chi connectivity index (χ4v) is 7.20. The summed E-state index contributed by atoms with van der Waals surface area (Å²) in [4.78, 5) is 17.5. The zero-order chi connectivity index (χ0) is 18.6. The molecule has 0 radical (unpaired) electrons. The molecule has 0 atom stereocenters. The van der Waals surface area contributed by atoms with E-state index in [1.54, 1.807) is 0 Å². The first kappa shape index (κ1) is 17.4. The quantitative estimate of drug-likeness (QED) is 0.710. The van der Waals surface area contributed by atoms with Gasteiger partial charge in [0.1, 0.15) is 0 Å². The molecule has 0 aliphatic heterocycles. The molecular weight excluding hydrogens is 352 g/mol. The molecule has 0 saturated heterocycles. The number of anilines is 1. The number of carbonyl (C=O) groups excluding carboxylic acids is 1. The summed E-state index contributed by atoms with van der Waals surface area (Å²) in [6.45, 7) is 4.21. The molecule has 4 saturated carbocycles. The van der Waals surface area contributed by atoms with E-state index < -0.39 is 0 Å². The molecule has 27 heavy (non-hydrogen) atoms.